The predicted molar refractivity (Wildman–Crippen MR) is 69.7 cm³/mol. The molecule has 0 radical (unpaired) electrons. The summed E-state index contributed by atoms with van der Waals surface area (Å²) in [5.74, 6) is 0.990. The van der Waals surface area contributed by atoms with Gasteiger partial charge in [0.1, 0.15) is 12.2 Å². The Morgan fingerprint density at radius 3 is 2.68 bits per heavy atom. The zero-order chi connectivity index (χ0) is 13.1. The summed E-state index contributed by atoms with van der Waals surface area (Å²) in [5, 5.41) is 14.4. The van der Waals surface area contributed by atoms with E-state index < -0.39 is 0 Å². The molecule has 0 fully saturated rings. The predicted octanol–water partition coefficient (Wildman–Crippen LogP) is 1.01. The van der Waals surface area contributed by atoms with E-state index in [1.165, 1.54) is 0 Å². The molecule has 0 bridgehead atoms. The van der Waals surface area contributed by atoms with Crippen LogP contribution in [0.5, 0.6) is 0 Å². The van der Waals surface area contributed by atoms with Crippen LogP contribution >= 0.6 is 0 Å². The van der Waals surface area contributed by atoms with Gasteiger partial charge < -0.3 is 9.88 Å². The number of anilines is 1. The molecule has 7 nitrogen and oxygen atoms in total. The Kier molecular flexibility index (Phi) is 2.93. The van der Waals surface area contributed by atoms with E-state index in [9.17, 15) is 0 Å². The molecule has 0 spiro atoms. The maximum Gasteiger partial charge on any atom is 0.143 e. The molecule has 1 N–H and O–H groups in total. The van der Waals surface area contributed by atoms with Crippen molar-refractivity contribution in [1.29, 1.82) is 0 Å². The topological polar surface area (TPSA) is 73.5 Å². The molecule has 0 atom stereocenters. The van der Waals surface area contributed by atoms with Crippen LogP contribution in [0.1, 0.15) is 5.82 Å². The summed E-state index contributed by atoms with van der Waals surface area (Å²) in [6.07, 6.45) is 5.28. The van der Waals surface area contributed by atoms with Crippen LogP contribution in [0.4, 0.5) is 5.69 Å². The number of hydrogen-bond donors (Lipinski definition) is 1. The molecule has 0 unspecified atom stereocenters. The van der Waals surface area contributed by atoms with Crippen LogP contribution < -0.4 is 5.32 Å². The Labute approximate surface area is 109 Å². The van der Waals surface area contributed by atoms with Gasteiger partial charge in [-0.1, -0.05) is 0 Å². The van der Waals surface area contributed by atoms with E-state index in [4.69, 9.17) is 0 Å². The normalized spacial score (nSPS) is 10.6. The van der Waals surface area contributed by atoms with Gasteiger partial charge in [0.05, 0.1) is 12.2 Å². The minimum absolute atomic E-state index is 0.688. The van der Waals surface area contributed by atoms with Crippen LogP contribution in [0.2, 0.25) is 0 Å². The third-order valence-corrected chi connectivity index (χ3v) is 2.85. The van der Waals surface area contributed by atoms with Crippen molar-refractivity contribution in [2.75, 3.05) is 5.32 Å². The second-order valence-electron chi connectivity index (χ2n) is 4.11. The first-order valence-electron chi connectivity index (χ1n) is 5.86. The number of nitrogens with zero attached hydrogens (tertiary/aromatic N) is 6. The molecule has 1 aromatic carbocycles. The SMILES string of the molecule is Cn1ccnc1CNc1ccc(-n2cnnn2)cc1. The molecule has 2 heterocycles. The molecule has 96 valence electrons. The second-order valence-corrected chi connectivity index (χ2v) is 4.11. The van der Waals surface area contributed by atoms with Gasteiger partial charge in [-0.05, 0) is 34.7 Å². The standard InChI is InChI=1S/C12H13N7/c1-18-7-6-13-12(18)8-14-10-2-4-11(5-3-10)19-9-15-16-17-19/h2-7,9,14H,8H2,1H3. The molecule has 2 aromatic heterocycles. The van der Waals surface area contributed by atoms with Crippen molar-refractivity contribution in [2.45, 2.75) is 6.54 Å². The van der Waals surface area contributed by atoms with Crippen molar-refractivity contribution >= 4 is 5.69 Å². The van der Waals surface area contributed by atoms with Gasteiger partial charge in [-0.2, -0.15) is 0 Å². The van der Waals surface area contributed by atoms with Gasteiger partial charge in [-0.3, -0.25) is 0 Å². The molecule has 0 saturated carbocycles. The van der Waals surface area contributed by atoms with E-state index in [0.29, 0.717) is 6.54 Å². The van der Waals surface area contributed by atoms with Gasteiger partial charge in [0.25, 0.3) is 0 Å². The minimum Gasteiger partial charge on any atom is -0.378 e. The fourth-order valence-corrected chi connectivity index (χ4v) is 1.76. The molecular formula is C12H13N7. The average Bonchev–Trinajstić information content (AvgIpc) is 3.09. The number of tetrazole rings is 1. The van der Waals surface area contributed by atoms with Crippen LogP contribution in [-0.2, 0) is 13.6 Å². The fourth-order valence-electron chi connectivity index (χ4n) is 1.76. The highest BCUT2D eigenvalue weighted by Gasteiger charge is 2.00. The summed E-state index contributed by atoms with van der Waals surface area (Å²) < 4.78 is 3.60. The lowest BCUT2D eigenvalue weighted by atomic mass is 10.3. The summed E-state index contributed by atoms with van der Waals surface area (Å²) in [7, 11) is 1.98. The maximum atomic E-state index is 4.26. The zero-order valence-corrected chi connectivity index (χ0v) is 10.4. The van der Waals surface area contributed by atoms with Crippen LogP contribution in [0, 0.1) is 0 Å². The van der Waals surface area contributed by atoms with Crippen LogP contribution in [0.25, 0.3) is 5.69 Å². The molecule has 0 aliphatic heterocycles. The first-order chi connectivity index (χ1) is 9.33. The summed E-state index contributed by atoms with van der Waals surface area (Å²) in [6, 6.07) is 7.88. The number of imidazole rings is 1. The Morgan fingerprint density at radius 1 is 1.21 bits per heavy atom. The monoisotopic (exact) mass is 255 g/mol. The lowest BCUT2D eigenvalue weighted by molar-refractivity contribution is 0.789. The molecule has 7 heteroatoms. The number of aromatic nitrogens is 6. The molecule has 0 amide bonds. The Balaban J connectivity index is 1.68. The summed E-state index contributed by atoms with van der Waals surface area (Å²) in [5.41, 5.74) is 1.95. The highest BCUT2D eigenvalue weighted by molar-refractivity contribution is 5.48. The van der Waals surface area contributed by atoms with Crippen LogP contribution in [-0.4, -0.2) is 29.8 Å². The van der Waals surface area contributed by atoms with Gasteiger partial charge in [-0.25, -0.2) is 9.67 Å². The Bertz CT molecular complexity index is 639. The Hall–Kier alpha value is -2.70. The van der Waals surface area contributed by atoms with Gasteiger partial charge in [0.2, 0.25) is 0 Å². The lowest BCUT2D eigenvalue weighted by Gasteiger charge is -2.07. The van der Waals surface area contributed by atoms with E-state index in [0.717, 1.165) is 17.2 Å². The maximum absolute atomic E-state index is 4.26. The molecule has 3 aromatic rings. The number of hydrogen-bond acceptors (Lipinski definition) is 5. The average molecular weight is 255 g/mol. The van der Waals surface area contributed by atoms with Crippen molar-refractivity contribution in [2.24, 2.45) is 7.05 Å². The summed E-state index contributed by atoms with van der Waals surface area (Å²) >= 11 is 0. The van der Waals surface area contributed by atoms with E-state index in [-0.39, 0.29) is 0 Å². The number of rotatable bonds is 4. The number of nitrogens with one attached hydrogen (secondary N) is 1. The van der Waals surface area contributed by atoms with Crippen molar-refractivity contribution in [3.05, 3.63) is 48.8 Å². The molecular weight excluding hydrogens is 242 g/mol. The van der Waals surface area contributed by atoms with E-state index in [2.05, 4.69) is 25.8 Å². The van der Waals surface area contributed by atoms with Gasteiger partial charge in [-0.15, -0.1) is 5.10 Å². The minimum atomic E-state index is 0.688. The molecule has 19 heavy (non-hydrogen) atoms. The zero-order valence-electron chi connectivity index (χ0n) is 10.4. The van der Waals surface area contributed by atoms with E-state index >= 15 is 0 Å². The summed E-state index contributed by atoms with van der Waals surface area (Å²) in [6.45, 7) is 0.688. The second kappa shape index (κ2) is 4.89. The molecule has 0 saturated heterocycles. The van der Waals surface area contributed by atoms with Gasteiger partial charge in [0, 0.05) is 25.1 Å². The largest absolute Gasteiger partial charge is 0.378 e. The van der Waals surface area contributed by atoms with E-state index in [1.807, 2.05) is 42.1 Å². The number of aryl methyl sites for hydroxylation is 1. The highest BCUT2D eigenvalue weighted by Crippen LogP contribution is 2.12. The number of benzene rings is 1. The third-order valence-electron chi connectivity index (χ3n) is 2.85. The first-order valence-corrected chi connectivity index (χ1v) is 5.86. The third kappa shape index (κ3) is 2.44. The fraction of sp³-hybridized carbons (Fsp3) is 0.167. The van der Waals surface area contributed by atoms with Gasteiger partial charge in [0.15, 0.2) is 0 Å². The van der Waals surface area contributed by atoms with E-state index in [1.54, 1.807) is 17.2 Å². The first kappa shape index (κ1) is 11.4. The van der Waals surface area contributed by atoms with Gasteiger partial charge >= 0.3 is 0 Å². The quantitative estimate of drug-likeness (QED) is 0.753. The van der Waals surface area contributed by atoms with Crippen LogP contribution in [0.3, 0.4) is 0 Å². The van der Waals surface area contributed by atoms with Crippen molar-refractivity contribution < 1.29 is 0 Å². The van der Waals surface area contributed by atoms with Crippen molar-refractivity contribution in [3.8, 4) is 5.69 Å². The van der Waals surface area contributed by atoms with Crippen LogP contribution in [0.15, 0.2) is 43.0 Å². The lowest BCUT2D eigenvalue weighted by Crippen LogP contribution is -2.05. The molecule has 0 aliphatic carbocycles. The molecule has 3 rings (SSSR count). The van der Waals surface area contributed by atoms with Crippen molar-refractivity contribution in [1.82, 2.24) is 29.8 Å². The van der Waals surface area contributed by atoms with Crippen molar-refractivity contribution in [3.63, 3.8) is 0 Å². The Morgan fingerprint density at radius 2 is 2.05 bits per heavy atom. The summed E-state index contributed by atoms with van der Waals surface area (Å²) in [4.78, 5) is 4.26. The molecule has 0 aliphatic rings. The highest BCUT2D eigenvalue weighted by atomic mass is 15.5. The smallest absolute Gasteiger partial charge is 0.143 e.